The molecule has 2 aromatic rings. The number of amides is 1. The van der Waals surface area contributed by atoms with Crippen molar-refractivity contribution in [1.29, 1.82) is 0 Å². The highest BCUT2D eigenvalue weighted by molar-refractivity contribution is 6.33. The lowest BCUT2D eigenvalue weighted by atomic mass is 10.0. The molecule has 3 nitrogen and oxygen atoms in total. The van der Waals surface area contributed by atoms with E-state index in [1.165, 1.54) is 0 Å². The lowest BCUT2D eigenvalue weighted by Crippen LogP contribution is -2.32. The van der Waals surface area contributed by atoms with Crippen molar-refractivity contribution >= 4 is 29.2 Å². The summed E-state index contributed by atoms with van der Waals surface area (Å²) in [5.74, 6) is -0.114. The number of hydrogen-bond acceptors (Lipinski definition) is 2. The van der Waals surface area contributed by atoms with Crippen LogP contribution in [0.1, 0.15) is 24.0 Å². The maximum atomic E-state index is 12.7. The summed E-state index contributed by atoms with van der Waals surface area (Å²) in [4.78, 5) is 12.7. The summed E-state index contributed by atoms with van der Waals surface area (Å²) < 4.78 is 5.57. The summed E-state index contributed by atoms with van der Waals surface area (Å²) in [5, 5.41) is 3.61. The number of carbonyl (C=O) groups excluding carboxylic acids is 1. The first kappa shape index (κ1) is 16.7. The summed E-state index contributed by atoms with van der Waals surface area (Å²) in [7, 11) is 0. The molecule has 0 saturated carbocycles. The van der Waals surface area contributed by atoms with Crippen LogP contribution in [-0.2, 0) is 9.53 Å². The maximum absolute atomic E-state index is 12.7. The molecule has 3 rings (SSSR count). The van der Waals surface area contributed by atoms with Crippen molar-refractivity contribution in [2.75, 3.05) is 13.2 Å². The first-order chi connectivity index (χ1) is 11.7. The molecule has 1 amide bonds. The van der Waals surface area contributed by atoms with Gasteiger partial charge in [-0.2, -0.15) is 0 Å². The third kappa shape index (κ3) is 4.25. The van der Waals surface area contributed by atoms with Crippen LogP contribution in [0.15, 0.2) is 54.6 Å². The Morgan fingerprint density at radius 2 is 1.92 bits per heavy atom. The first-order valence-corrected chi connectivity index (χ1v) is 8.53. The minimum Gasteiger partial charge on any atom is -0.376 e. The maximum Gasteiger partial charge on any atom is 0.252 e. The summed E-state index contributed by atoms with van der Waals surface area (Å²) in [6.45, 7) is 1.31. The van der Waals surface area contributed by atoms with Crippen LogP contribution >= 0.6 is 11.6 Å². The molecule has 1 aliphatic heterocycles. The van der Waals surface area contributed by atoms with Gasteiger partial charge in [-0.3, -0.25) is 4.79 Å². The Balaban J connectivity index is 1.84. The predicted molar refractivity (Wildman–Crippen MR) is 97.7 cm³/mol. The Morgan fingerprint density at radius 3 is 2.62 bits per heavy atom. The Morgan fingerprint density at radius 1 is 1.17 bits per heavy atom. The standard InChI is InChI=1S/C20H20ClNO2/c21-19-11-5-4-9-16(19)13-18(15-7-2-1-3-8-15)20(23)22-14-17-10-6-12-24-17/h1-5,7-9,11,13,17H,6,10,12,14H2,(H,22,23)/b18-13-/t17-/m0/s1. The molecular weight excluding hydrogens is 322 g/mol. The summed E-state index contributed by atoms with van der Waals surface area (Å²) in [6, 6.07) is 17.1. The van der Waals surface area contributed by atoms with E-state index < -0.39 is 0 Å². The van der Waals surface area contributed by atoms with Gasteiger partial charge in [-0.15, -0.1) is 0 Å². The second kappa shape index (κ2) is 8.13. The van der Waals surface area contributed by atoms with E-state index >= 15 is 0 Å². The van der Waals surface area contributed by atoms with Crippen LogP contribution in [0.3, 0.4) is 0 Å². The third-order valence-electron chi connectivity index (χ3n) is 4.05. The molecule has 24 heavy (non-hydrogen) atoms. The minimum absolute atomic E-state index is 0.114. The van der Waals surface area contributed by atoms with Gasteiger partial charge in [0.1, 0.15) is 0 Å². The van der Waals surface area contributed by atoms with E-state index in [2.05, 4.69) is 5.32 Å². The van der Waals surface area contributed by atoms with E-state index in [-0.39, 0.29) is 12.0 Å². The minimum atomic E-state index is -0.114. The van der Waals surface area contributed by atoms with E-state index in [1.807, 2.05) is 60.7 Å². The van der Waals surface area contributed by atoms with Crippen LogP contribution in [0.2, 0.25) is 5.02 Å². The number of ether oxygens (including phenoxy) is 1. The smallest absolute Gasteiger partial charge is 0.252 e. The van der Waals surface area contributed by atoms with Crippen LogP contribution in [0.25, 0.3) is 11.6 Å². The fourth-order valence-corrected chi connectivity index (χ4v) is 2.94. The predicted octanol–water partition coefficient (Wildman–Crippen LogP) is 4.18. The van der Waals surface area contributed by atoms with Crippen molar-refractivity contribution < 1.29 is 9.53 Å². The second-order valence-electron chi connectivity index (χ2n) is 5.79. The molecule has 1 aliphatic rings. The molecule has 0 bridgehead atoms. The normalized spacial score (nSPS) is 17.7. The quantitative estimate of drug-likeness (QED) is 0.654. The van der Waals surface area contributed by atoms with E-state index in [0.29, 0.717) is 17.1 Å². The number of halogens is 1. The molecule has 124 valence electrons. The topological polar surface area (TPSA) is 38.3 Å². The van der Waals surface area contributed by atoms with E-state index in [1.54, 1.807) is 0 Å². The highest BCUT2D eigenvalue weighted by Gasteiger charge is 2.18. The second-order valence-corrected chi connectivity index (χ2v) is 6.20. The highest BCUT2D eigenvalue weighted by atomic mass is 35.5. The van der Waals surface area contributed by atoms with E-state index in [9.17, 15) is 4.79 Å². The zero-order valence-electron chi connectivity index (χ0n) is 13.4. The van der Waals surface area contributed by atoms with Crippen molar-refractivity contribution in [2.24, 2.45) is 0 Å². The number of nitrogens with one attached hydrogen (secondary N) is 1. The van der Waals surface area contributed by atoms with Crippen molar-refractivity contribution in [1.82, 2.24) is 5.32 Å². The van der Waals surface area contributed by atoms with Crippen LogP contribution in [0.5, 0.6) is 0 Å². The van der Waals surface area contributed by atoms with Crippen molar-refractivity contribution in [3.05, 3.63) is 70.7 Å². The van der Waals surface area contributed by atoms with E-state index in [4.69, 9.17) is 16.3 Å². The molecule has 1 fully saturated rings. The molecule has 2 aromatic carbocycles. The van der Waals surface area contributed by atoms with Gasteiger partial charge in [-0.05, 0) is 36.1 Å². The molecule has 0 aromatic heterocycles. The van der Waals surface area contributed by atoms with Crippen LogP contribution in [0.4, 0.5) is 0 Å². The van der Waals surface area contributed by atoms with Gasteiger partial charge in [0, 0.05) is 23.7 Å². The number of carbonyl (C=O) groups is 1. The highest BCUT2D eigenvalue weighted by Crippen LogP contribution is 2.23. The molecule has 1 atom stereocenters. The van der Waals surface area contributed by atoms with Gasteiger partial charge in [0.25, 0.3) is 5.91 Å². The van der Waals surface area contributed by atoms with E-state index in [0.717, 1.165) is 30.6 Å². The zero-order chi connectivity index (χ0) is 16.8. The van der Waals surface area contributed by atoms with Gasteiger partial charge in [0.05, 0.1) is 6.10 Å². The van der Waals surface area contributed by atoms with Crippen LogP contribution in [0, 0.1) is 0 Å². The number of hydrogen-bond donors (Lipinski definition) is 1. The molecule has 4 heteroatoms. The molecule has 1 heterocycles. The van der Waals surface area contributed by atoms with Crippen molar-refractivity contribution in [3.63, 3.8) is 0 Å². The zero-order valence-corrected chi connectivity index (χ0v) is 14.1. The first-order valence-electron chi connectivity index (χ1n) is 8.15. The van der Waals surface area contributed by atoms with Crippen LogP contribution in [-0.4, -0.2) is 25.2 Å². The van der Waals surface area contributed by atoms with Crippen LogP contribution < -0.4 is 5.32 Å². The molecule has 0 aliphatic carbocycles. The van der Waals surface area contributed by atoms with Gasteiger partial charge < -0.3 is 10.1 Å². The molecule has 0 unspecified atom stereocenters. The molecule has 0 radical (unpaired) electrons. The molecule has 1 saturated heterocycles. The lowest BCUT2D eigenvalue weighted by molar-refractivity contribution is -0.116. The van der Waals surface area contributed by atoms with Crippen molar-refractivity contribution in [3.8, 4) is 0 Å². The lowest BCUT2D eigenvalue weighted by Gasteiger charge is -2.13. The van der Waals surface area contributed by atoms with Gasteiger partial charge in [0.2, 0.25) is 0 Å². The Hall–Kier alpha value is -2.10. The van der Waals surface area contributed by atoms with Gasteiger partial charge >= 0.3 is 0 Å². The van der Waals surface area contributed by atoms with Crippen molar-refractivity contribution in [2.45, 2.75) is 18.9 Å². The Bertz CT molecular complexity index is 721. The third-order valence-corrected chi connectivity index (χ3v) is 4.39. The largest absolute Gasteiger partial charge is 0.376 e. The average molecular weight is 342 g/mol. The summed E-state index contributed by atoms with van der Waals surface area (Å²) in [6.07, 6.45) is 4.01. The Kier molecular flexibility index (Phi) is 5.68. The van der Waals surface area contributed by atoms with Gasteiger partial charge in [0.15, 0.2) is 0 Å². The van der Waals surface area contributed by atoms with Gasteiger partial charge in [-0.25, -0.2) is 0 Å². The SMILES string of the molecule is O=C(NC[C@@H]1CCCO1)/C(=C\c1ccccc1Cl)c1ccccc1. The average Bonchev–Trinajstić information content (AvgIpc) is 3.13. The molecule has 0 spiro atoms. The Labute approximate surface area is 147 Å². The number of rotatable bonds is 5. The number of benzene rings is 2. The monoisotopic (exact) mass is 341 g/mol. The fourth-order valence-electron chi connectivity index (χ4n) is 2.75. The molecular formula is C20H20ClNO2. The fraction of sp³-hybridized carbons (Fsp3) is 0.250. The van der Waals surface area contributed by atoms with Gasteiger partial charge in [-0.1, -0.05) is 60.1 Å². The summed E-state index contributed by atoms with van der Waals surface area (Å²) in [5.41, 5.74) is 2.29. The summed E-state index contributed by atoms with van der Waals surface area (Å²) >= 11 is 6.24. The molecule has 1 N–H and O–H groups in total.